The van der Waals surface area contributed by atoms with Gasteiger partial charge in [0.1, 0.15) is 11.6 Å². The van der Waals surface area contributed by atoms with Crippen LogP contribution in [0.4, 0.5) is 0 Å². The molecule has 0 aromatic carbocycles. The highest BCUT2D eigenvalue weighted by atomic mass is 16.2. The number of unbranched alkanes of at least 4 members (excludes halogenated alkanes) is 2. The van der Waals surface area contributed by atoms with Gasteiger partial charge < -0.3 is 10.2 Å². The van der Waals surface area contributed by atoms with Crippen molar-refractivity contribution in [3.05, 3.63) is 0 Å². The van der Waals surface area contributed by atoms with Gasteiger partial charge in [-0.15, -0.1) is 0 Å². The maximum atomic E-state index is 12.5. The zero-order valence-corrected chi connectivity index (χ0v) is 11.7. The summed E-state index contributed by atoms with van der Waals surface area (Å²) >= 11 is 0. The summed E-state index contributed by atoms with van der Waals surface area (Å²) in [5.41, 5.74) is -0.698. The minimum absolute atomic E-state index is 0.00417. The molecule has 0 radical (unpaired) electrons. The van der Waals surface area contributed by atoms with Crippen molar-refractivity contribution in [1.82, 2.24) is 10.2 Å². The molecule has 1 unspecified atom stereocenters. The molecule has 1 atom stereocenters. The summed E-state index contributed by atoms with van der Waals surface area (Å²) in [6, 6.07) is -0.257. The first kappa shape index (κ1) is 13.4. The van der Waals surface area contributed by atoms with Crippen molar-refractivity contribution < 1.29 is 9.59 Å². The molecule has 1 heterocycles. The fourth-order valence-corrected chi connectivity index (χ4v) is 2.60. The molecule has 0 aromatic heterocycles. The van der Waals surface area contributed by atoms with Gasteiger partial charge in [0.05, 0.1) is 0 Å². The zero-order chi connectivity index (χ0) is 13.3. The highest BCUT2D eigenvalue weighted by Crippen LogP contribution is 2.36. The third-order valence-electron chi connectivity index (χ3n) is 4.13. The Balaban J connectivity index is 2.09. The van der Waals surface area contributed by atoms with Crippen LogP contribution in [-0.4, -0.2) is 34.8 Å². The van der Waals surface area contributed by atoms with Gasteiger partial charge in [-0.3, -0.25) is 9.59 Å². The molecule has 0 aromatic rings. The number of piperazine rings is 1. The summed E-state index contributed by atoms with van der Waals surface area (Å²) in [5, 5.41) is 2.91. The van der Waals surface area contributed by atoms with Gasteiger partial charge in [-0.05, 0) is 39.0 Å². The van der Waals surface area contributed by atoms with Crippen molar-refractivity contribution in [3.63, 3.8) is 0 Å². The fraction of sp³-hybridized carbons (Fsp3) is 0.857. The maximum absolute atomic E-state index is 12.5. The SMILES string of the molecule is CCCCCN1C(=O)C(C2CC2)NC(=O)C1(C)C. The Morgan fingerprint density at radius 2 is 1.94 bits per heavy atom. The number of amides is 2. The van der Waals surface area contributed by atoms with Gasteiger partial charge in [-0.2, -0.15) is 0 Å². The molecule has 1 aliphatic heterocycles. The number of carbonyl (C=O) groups excluding carboxylic acids is 2. The Bertz CT molecular complexity index is 348. The van der Waals surface area contributed by atoms with Crippen molar-refractivity contribution in [1.29, 1.82) is 0 Å². The van der Waals surface area contributed by atoms with Gasteiger partial charge in [-0.25, -0.2) is 0 Å². The largest absolute Gasteiger partial charge is 0.342 e. The van der Waals surface area contributed by atoms with E-state index in [9.17, 15) is 9.59 Å². The van der Waals surface area contributed by atoms with E-state index < -0.39 is 5.54 Å². The van der Waals surface area contributed by atoms with Crippen LogP contribution in [0.25, 0.3) is 0 Å². The van der Waals surface area contributed by atoms with Gasteiger partial charge in [0.2, 0.25) is 11.8 Å². The molecule has 1 saturated heterocycles. The Morgan fingerprint density at radius 3 is 2.50 bits per heavy atom. The van der Waals surface area contributed by atoms with Crippen LogP contribution in [0.15, 0.2) is 0 Å². The van der Waals surface area contributed by atoms with E-state index in [1.54, 1.807) is 4.90 Å². The minimum Gasteiger partial charge on any atom is -0.342 e. The van der Waals surface area contributed by atoms with Gasteiger partial charge in [-0.1, -0.05) is 19.8 Å². The van der Waals surface area contributed by atoms with Crippen LogP contribution in [0.5, 0.6) is 0 Å². The Labute approximate surface area is 109 Å². The van der Waals surface area contributed by atoms with Gasteiger partial charge in [0, 0.05) is 6.54 Å². The molecule has 2 rings (SSSR count). The number of carbonyl (C=O) groups is 2. The summed E-state index contributed by atoms with van der Waals surface area (Å²) in [6.45, 7) is 6.53. The molecule has 1 saturated carbocycles. The Morgan fingerprint density at radius 1 is 1.28 bits per heavy atom. The molecule has 4 heteroatoms. The lowest BCUT2D eigenvalue weighted by Gasteiger charge is -2.44. The second-order valence-electron chi connectivity index (χ2n) is 6.04. The second kappa shape index (κ2) is 4.90. The zero-order valence-electron chi connectivity index (χ0n) is 11.7. The first-order valence-electron chi connectivity index (χ1n) is 7.11. The monoisotopic (exact) mass is 252 g/mol. The third kappa shape index (κ3) is 2.38. The second-order valence-corrected chi connectivity index (χ2v) is 6.04. The molecule has 2 aliphatic rings. The van der Waals surface area contributed by atoms with E-state index >= 15 is 0 Å². The lowest BCUT2D eigenvalue weighted by Crippen LogP contribution is -2.68. The molecule has 4 nitrogen and oxygen atoms in total. The summed E-state index contributed by atoms with van der Waals surface area (Å²) in [4.78, 5) is 26.4. The van der Waals surface area contributed by atoms with E-state index in [1.165, 1.54) is 0 Å². The van der Waals surface area contributed by atoms with Crippen LogP contribution in [-0.2, 0) is 9.59 Å². The molecular formula is C14H24N2O2. The van der Waals surface area contributed by atoms with Gasteiger partial charge in [0.25, 0.3) is 0 Å². The molecule has 1 aliphatic carbocycles. The summed E-state index contributed by atoms with van der Waals surface area (Å²) < 4.78 is 0. The van der Waals surface area contributed by atoms with Crippen LogP contribution in [0.2, 0.25) is 0 Å². The summed E-state index contributed by atoms with van der Waals surface area (Å²) in [6.07, 6.45) is 5.35. The van der Waals surface area contributed by atoms with Crippen LogP contribution in [0.1, 0.15) is 52.9 Å². The Kier molecular flexibility index (Phi) is 3.64. The van der Waals surface area contributed by atoms with Crippen molar-refractivity contribution in [2.45, 2.75) is 64.5 Å². The molecule has 18 heavy (non-hydrogen) atoms. The molecule has 102 valence electrons. The standard InChI is InChI=1S/C14H24N2O2/c1-4-5-6-9-16-12(17)11(10-7-8-10)15-13(18)14(16,2)3/h10-11H,4-9H2,1-3H3,(H,15,18). The van der Waals surface area contributed by atoms with Crippen LogP contribution < -0.4 is 5.32 Å². The molecule has 2 fully saturated rings. The molecule has 1 N–H and O–H groups in total. The number of nitrogens with zero attached hydrogens (tertiary/aromatic N) is 1. The summed E-state index contributed by atoms with van der Waals surface area (Å²) in [5.74, 6) is 0.500. The minimum atomic E-state index is -0.698. The number of rotatable bonds is 5. The van der Waals surface area contributed by atoms with Crippen LogP contribution in [0.3, 0.4) is 0 Å². The average molecular weight is 252 g/mol. The van der Waals surface area contributed by atoms with E-state index in [4.69, 9.17) is 0 Å². The topological polar surface area (TPSA) is 49.4 Å². The quantitative estimate of drug-likeness (QED) is 0.757. The van der Waals surface area contributed by atoms with Crippen molar-refractivity contribution in [2.75, 3.05) is 6.54 Å². The molecular weight excluding hydrogens is 228 g/mol. The molecule has 0 spiro atoms. The van der Waals surface area contributed by atoms with E-state index in [0.29, 0.717) is 12.5 Å². The first-order chi connectivity index (χ1) is 8.48. The van der Waals surface area contributed by atoms with Crippen molar-refractivity contribution in [2.24, 2.45) is 5.92 Å². The van der Waals surface area contributed by atoms with E-state index in [0.717, 1.165) is 32.1 Å². The first-order valence-corrected chi connectivity index (χ1v) is 7.11. The van der Waals surface area contributed by atoms with Crippen LogP contribution >= 0.6 is 0 Å². The predicted molar refractivity (Wildman–Crippen MR) is 70.0 cm³/mol. The molecule has 0 bridgehead atoms. The highest BCUT2D eigenvalue weighted by molar-refractivity contribution is 5.99. The average Bonchev–Trinajstić information content (AvgIpc) is 3.12. The number of nitrogens with one attached hydrogen (secondary N) is 1. The predicted octanol–water partition coefficient (Wildman–Crippen LogP) is 1.69. The Hall–Kier alpha value is -1.06. The smallest absolute Gasteiger partial charge is 0.246 e. The van der Waals surface area contributed by atoms with E-state index in [2.05, 4.69) is 12.2 Å². The number of hydrogen-bond acceptors (Lipinski definition) is 2. The van der Waals surface area contributed by atoms with Crippen molar-refractivity contribution in [3.8, 4) is 0 Å². The lowest BCUT2D eigenvalue weighted by molar-refractivity contribution is -0.156. The fourth-order valence-electron chi connectivity index (χ4n) is 2.60. The van der Waals surface area contributed by atoms with Gasteiger partial charge in [0.15, 0.2) is 0 Å². The maximum Gasteiger partial charge on any atom is 0.246 e. The number of hydrogen-bond donors (Lipinski definition) is 1. The summed E-state index contributed by atoms with van der Waals surface area (Å²) in [7, 11) is 0. The molecule has 2 amide bonds. The van der Waals surface area contributed by atoms with Gasteiger partial charge >= 0.3 is 0 Å². The van der Waals surface area contributed by atoms with Crippen molar-refractivity contribution >= 4 is 11.8 Å². The lowest BCUT2D eigenvalue weighted by atomic mass is 9.93. The normalized spacial score (nSPS) is 27.3. The van der Waals surface area contributed by atoms with Crippen LogP contribution in [0, 0.1) is 5.92 Å². The van der Waals surface area contributed by atoms with E-state index in [-0.39, 0.29) is 17.9 Å². The highest BCUT2D eigenvalue weighted by Gasteiger charge is 2.50. The third-order valence-corrected chi connectivity index (χ3v) is 4.13. The van der Waals surface area contributed by atoms with E-state index in [1.807, 2.05) is 13.8 Å².